The minimum atomic E-state index is -2.18. The molecule has 1 heterocycles. The Morgan fingerprint density at radius 1 is 0.744 bits per heavy atom. The van der Waals surface area contributed by atoms with Crippen molar-refractivity contribution in [2.24, 2.45) is 0 Å². The van der Waals surface area contributed by atoms with Gasteiger partial charge in [-0.2, -0.15) is 5.26 Å². The van der Waals surface area contributed by atoms with Gasteiger partial charge in [-0.15, -0.1) is 0 Å². The zero-order valence-corrected chi connectivity index (χ0v) is 30.4. The van der Waals surface area contributed by atoms with E-state index in [0.29, 0.717) is 12.2 Å². The fraction of sp³-hybridized carbons (Fsp3) is 0.710. The molecule has 39 heavy (non-hydrogen) atoms. The lowest BCUT2D eigenvalue weighted by Crippen LogP contribution is -2.58. The Bertz CT molecular complexity index is 1050. The van der Waals surface area contributed by atoms with Crippen molar-refractivity contribution in [1.82, 2.24) is 0 Å². The maximum absolute atomic E-state index is 9.31. The first kappa shape index (κ1) is 34.0. The van der Waals surface area contributed by atoms with Crippen LogP contribution < -0.4 is 0 Å². The van der Waals surface area contributed by atoms with Gasteiger partial charge in [0.15, 0.2) is 25.0 Å². The van der Waals surface area contributed by atoms with Crippen molar-refractivity contribution in [1.29, 1.82) is 5.26 Å². The highest BCUT2D eigenvalue weighted by Gasteiger charge is 2.49. The molecule has 0 saturated carbocycles. The molecule has 0 N–H and O–H groups in total. The summed E-state index contributed by atoms with van der Waals surface area (Å²) in [6, 6.07) is 9.79. The third kappa shape index (κ3) is 8.17. The number of nitriles is 1. The van der Waals surface area contributed by atoms with E-state index < -0.39 is 25.0 Å². The van der Waals surface area contributed by atoms with Crippen LogP contribution >= 0.6 is 0 Å². The van der Waals surface area contributed by atoms with E-state index in [4.69, 9.17) is 18.0 Å². The molecule has 0 aromatic heterocycles. The van der Waals surface area contributed by atoms with Crippen LogP contribution in [0.5, 0.6) is 0 Å². The lowest BCUT2D eigenvalue weighted by molar-refractivity contribution is -0.0592. The second-order valence-electron chi connectivity index (χ2n) is 15.6. The molecule has 1 aliphatic rings. The van der Waals surface area contributed by atoms with Crippen molar-refractivity contribution < 1.29 is 18.0 Å². The van der Waals surface area contributed by atoms with E-state index in [2.05, 4.69) is 114 Å². The van der Waals surface area contributed by atoms with Crippen LogP contribution in [0.2, 0.25) is 54.4 Å². The average molecular weight is 590 g/mol. The van der Waals surface area contributed by atoms with Crippen molar-refractivity contribution in [3.63, 3.8) is 0 Å². The van der Waals surface area contributed by atoms with E-state index in [-0.39, 0.29) is 33.4 Å². The van der Waals surface area contributed by atoms with Crippen LogP contribution in [-0.2, 0) is 18.0 Å². The quantitative estimate of drug-likeness (QED) is 0.283. The van der Waals surface area contributed by atoms with E-state index in [1.54, 1.807) is 0 Å². The van der Waals surface area contributed by atoms with E-state index in [9.17, 15) is 5.26 Å². The van der Waals surface area contributed by atoms with Crippen LogP contribution in [0, 0.1) is 11.3 Å². The van der Waals surface area contributed by atoms with Gasteiger partial charge in [0.25, 0.3) is 0 Å². The summed E-state index contributed by atoms with van der Waals surface area (Å²) in [4.78, 5) is 0. The second kappa shape index (κ2) is 11.6. The van der Waals surface area contributed by atoms with Gasteiger partial charge in [0.1, 0.15) is 18.0 Å². The van der Waals surface area contributed by atoms with Crippen molar-refractivity contribution in [3.05, 3.63) is 41.5 Å². The fourth-order valence-electron chi connectivity index (χ4n) is 3.51. The third-order valence-corrected chi connectivity index (χ3v) is 22.9. The summed E-state index contributed by atoms with van der Waals surface area (Å²) in [5.41, 5.74) is 1.56. The van der Waals surface area contributed by atoms with E-state index in [1.807, 2.05) is 24.3 Å². The smallest absolute Gasteiger partial charge is 0.193 e. The lowest BCUT2D eigenvalue weighted by Gasteiger charge is -2.48. The Morgan fingerprint density at radius 3 is 1.64 bits per heavy atom. The standard InChI is InChI=1S/C31H55NO4Si3/c1-29(2,3)37(10,11)33-22-27-28(36-39(14,15)31(7,8)9)26(35-38(12,13)30(4,5)6)20-25(34-27)24-18-16-23(21-32)17-19-24/h16-20,26-28H,22H2,1-15H3/t26-,27-,28+/m1/s1. The Morgan fingerprint density at radius 2 is 1.21 bits per heavy atom. The van der Waals surface area contributed by atoms with Crippen molar-refractivity contribution in [2.75, 3.05) is 6.61 Å². The Balaban J connectivity index is 2.64. The number of nitrogens with zero attached hydrogens (tertiary/aromatic N) is 1. The highest BCUT2D eigenvalue weighted by molar-refractivity contribution is 6.75. The average Bonchev–Trinajstić information content (AvgIpc) is 2.76. The number of ether oxygens (including phenoxy) is 1. The van der Waals surface area contributed by atoms with E-state index in [1.165, 1.54) is 0 Å². The number of hydrogen-bond donors (Lipinski definition) is 0. The molecule has 2 rings (SSSR count). The van der Waals surface area contributed by atoms with Gasteiger partial charge in [-0.1, -0.05) is 62.3 Å². The molecule has 1 aliphatic heterocycles. The summed E-state index contributed by atoms with van der Waals surface area (Å²) in [6.07, 6.45) is 1.24. The predicted octanol–water partition coefficient (Wildman–Crippen LogP) is 9.10. The third-order valence-electron chi connectivity index (χ3n) is 9.47. The van der Waals surface area contributed by atoms with Crippen LogP contribution in [0.25, 0.3) is 5.76 Å². The molecule has 220 valence electrons. The summed E-state index contributed by atoms with van der Waals surface area (Å²) in [7, 11) is -6.37. The largest absolute Gasteiger partial charge is 0.485 e. The van der Waals surface area contributed by atoms with E-state index >= 15 is 0 Å². The van der Waals surface area contributed by atoms with Gasteiger partial charge in [0.2, 0.25) is 0 Å². The van der Waals surface area contributed by atoms with Gasteiger partial charge >= 0.3 is 0 Å². The van der Waals surface area contributed by atoms with Crippen LogP contribution in [0.3, 0.4) is 0 Å². The Kier molecular flexibility index (Phi) is 10.1. The SMILES string of the molecule is CC(C)(C)[Si](C)(C)OC[C@H]1OC(c2ccc(C#N)cc2)=C[C@@H](O[Si](C)(C)C(C)(C)C)[C@@H]1O[Si](C)(C)C(C)(C)C. The molecule has 5 nitrogen and oxygen atoms in total. The van der Waals surface area contributed by atoms with Crippen LogP contribution in [0.1, 0.15) is 73.4 Å². The normalized spacial score (nSPS) is 21.7. The number of hydrogen-bond acceptors (Lipinski definition) is 5. The highest BCUT2D eigenvalue weighted by Crippen LogP contribution is 2.44. The summed E-state index contributed by atoms with van der Waals surface area (Å²) in [5.74, 6) is 0.766. The second-order valence-corrected chi connectivity index (χ2v) is 30.0. The first-order valence-electron chi connectivity index (χ1n) is 14.3. The molecule has 0 amide bonds. The zero-order chi connectivity index (χ0) is 30.2. The minimum Gasteiger partial charge on any atom is -0.485 e. The van der Waals surface area contributed by atoms with Crippen molar-refractivity contribution in [2.45, 2.75) is 135 Å². The fourth-order valence-corrected chi connectivity index (χ4v) is 7.08. The predicted molar refractivity (Wildman–Crippen MR) is 171 cm³/mol. The minimum absolute atomic E-state index is 0.0382. The molecule has 0 bridgehead atoms. The Hall–Kier alpha value is -1.22. The Labute approximate surface area is 242 Å². The first-order valence-corrected chi connectivity index (χ1v) is 23.0. The molecule has 0 saturated heterocycles. The van der Waals surface area contributed by atoms with Gasteiger partial charge in [-0.25, -0.2) is 0 Å². The highest BCUT2D eigenvalue weighted by atomic mass is 28.4. The van der Waals surface area contributed by atoms with Gasteiger partial charge in [-0.3, -0.25) is 0 Å². The molecule has 8 heteroatoms. The molecule has 1 aromatic rings. The van der Waals surface area contributed by atoms with Crippen molar-refractivity contribution >= 4 is 30.7 Å². The topological polar surface area (TPSA) is 60.7 Å². The zero-order valence-electron chi connectivity index (χ0n) is 27.4. The van der Waals surface area contributed by atoms with E-state index in [0.717, 1.165) is 11.3 Å². The summed E-state index contributed by atoms with van der Waals surface area (Å²) in [5, 5.41) is 9.48. The van der Waals surface area contributed by atoms with Gasteiger partial charge in [0, 0.05) is 5.56 Å². The lowest BCUT2D eigenvalue weighted by atomic mass is 10.0. The van der Waals surface area contributed by atoms with Gasteiger partial charge < -0.3 is 18.0 Å². The first-order chi connectivity index (χ1) is 17.4. The summed E-state index contributed by atoms with van der Waals surface area (Å²) in [6.45, 7) is 34.6. The molecule has 0 unspecified atom stereocenters. The molecule has 3 atom stereocenters. The maximum Gasteiger partial charge on any atom is 0.193 e. The maximum atomic E-state index is 9.31. The van der Waals surface area contributed by atoms with Crippen molar-refractivity contribution in [3.8, 4) is 6.07 Å². The number of benzene rings is 1. The molecule has 0 fully saturated rings. The monoisotopic (exact) mass is 589 g/mol. The van der Waals surface area contributed by atoms with Crippen LogP contribution in [0.4, 0.5) is 0 Å². The van der Waals surface area contributed by atoms with Crippen LogP contribution in [-0.4, -0.2) is 49.9 Å². The molecule has 0 aliphatic carbocycles. The molecule has 1 aromatic carbocycles. The summed E-state index contributed by atoms with van der Waals surface area (Å²) >= 11 is 0. The van der Waals surface area contributed by atoms with Gasteiger partial charge in [0.05, 0.1) is 24.3 Å². The number of rotatable bonds is 8. The molecular formula is C31H55NO4Si3. The molecule has 0 spiro atoms. The molecule has 0 radical (unpaired) electrons. The summed E-state index contributed by atoms with van der Waals surface area (Å²) < 4.78 is 27.8. The molecular weight excluding hydrogens is 535 g/mol. The van der Waals surface area contributed by atoms with Crippen LogP contribution in [0.15, 0.2) is 30.3 Å². The van der Waals surface area contributed by atoms with Gasteiger partial charge in [-0.05, 0) is 84.7 Å².